The number of nitrogens with one attached hydrogen (secondary N) is 1. The van der Waals surface area contributed by atoms with E-state index < -0.39 is 6.10 Å². The summed E-state index contributed by atoms with van der Waals surface area (Å²) >= 11 is 0. The highest BCUT2D eigenvalue weighted by atomic mass is 19.1. The maximum absolute atomic E-state index is 13.7. The topological polar surface area (TPSA) is 58.0 Å². The molecule has 1 atom stereocenters. The molecule has 0 spiro atoms. The summed E-state index contributed by atoms with van der Waals surface area (Å²) in [7, 11) is 0. The minimum absolute atomic E-state index is 0.274. The van der Waals surface area contributed by atoms with Crippen molar-refractivity contribution in [2.24, 2.45) is 0 Å². The average molecular weight is 297 g/mol. The highest BCUT2D eigenvalue weighted by molar-refractivity contribution is 5.82. The van der Waals surface area contributed by atoms with Gasteiger partial charge in [0.15, 0.2) is 0 Å². The summed E-state index contributed by atoms with van der Waals surface area (Å²) in [6.07, 6.45) is 4.34. The van der Waals surface area contributed by atoms with E-state index in [4.69, 9.17) is 0 Å². The number of rotatable bonds is 5. The first-order valence-corrected chi connectivity index (χ1v) is 7.06. The van der Waals surface area contributed by atoms with Gasteiger partial charge in [0.25, 0.3) is 0 Å². The molecular formula is C17H16FN3O. The predicted octanol–water partition coefficient (Wildman–Crippen LogP) is 2.59. The molecule has 0 aliphatic carbocycles. The SMILES string of the molecule is OC(CNCc1ccc(F)c2cccnc12)c1ccncc1. The molecule has 0 bridgehead atoms. The molecule has 2 aromatic heterocycles. The third kappa shape index (κ3) is 3.10. The van der Waals surface area contributed by atoms with Crippen molar-refractivity contribution in [2.45, 2.75) is 12.6 Å². The molecule has 0 fully saturated rings. The molecule has 3 rings (SSSR count). The third-order valence-electron chi connectivity index (χ3n) is 3.54. The van der Waals surface area contributed by atoms with E-state index >= 15 is 0 Å². The molecule has 0 aliphatic heterocycles. The number of halogens is 1. The molecule has 0 amide bonds. The maximum Gasteiger partial charge on any atom is 0.132 e. The minimum Gasteiger partial charge on any atom is -0.387 e. The minimum atomic E-state index is -0.609. The highest BCUT2D eigenvalue weighted by Crippen LogP contribution is 2.19. The molecule has 3 aromatic rings. The number of nitrogens with zero attached hydrogens (tertiary/aromatic N) is 2. The van der Waals surface area contributed by atoms with Crippen molar-refractivity contribution >= 4 is 10.9 Å². The summed E-state index contributed by atoms with van der Waals surface area (Å²) in [5, 5.41) is 13.8. The molecule has 1 aromatic carbocycles. The van der Waals surface area contributed by atoms with Crippen LogP contribution >= 0.6 is 0 Å². The Morgan fingerprint density at radius 1 is 1.09 bits per heavy atom. The molecule has 2 N–H and O–H groups in total. The molecule has 4 nitrogen and oxygen atoms in total. The van der Waals surface area contributed by atoms with Gasteiger partial charge in [0, 0.05) is 37.1 Å². The van der Waals surface area contributed by atoms with Crippen LogP contribution in [0.5, 0.6) is 0 Å². The number of fused-ring (bicyclic) bond motifs is 1. The van der Waals surface area contributed by atoms with Crippen molar-refractivity contribution in [3.63, 3.8) is 0 Å². The van der Waals surface area contributed by atoms with E-state index in [2.05, 4.69) is 15.3 Å². The zero-order valence-electron chi connectivity index (χ0n) is 11.9. The van der Waals surface area contributed by atoms with Gasteiger partial charge in [0.05, 0.1) is 11.6 Å². The Bertz CT molecular complexity index is 764. The van der Waals surface area contributed by atoms with Gasteiger partial charge < -0.3 is 10.4 Å². The standard InChI is InChI=1S/C17H16FN3O/c18-15-4-3-13(17-14(15)2-1-7-21-17)10-20-11-16(22)12-5-8-19-9-6-12/h1-9,16,20,22H,10-11H2. The Morgan fingerprint density at radius 3 is 2.73 bits per heavy atom. The van der Waals surface area contributed by atoms with Crippen molar-refractivity contribution in [3.8, 4) is 0 Å². The van der Waals surface area contributed by atoms with E-state index in [0.717, 1.165) is 11.1 Å². The van der Waals surface area contributed by atoms with E-state index in [1.165, 1.54) is 6.07 Å². The Morgan fingerprint density at radius 2 is 1.91 bits per heavy atom. The van der Waals surface area contributed by atoms with Crippen LogP contribution in [-0.4, -0.2) is 21.6 Å². The molecule has 5 heteroatoms. The smallest absolute Gasteiger partial charge is 0.132 e. The van der Waals surface area contributed by atoms with Crippen molar-refractivity contribution in [2.75, 3.05) is 6.54 Å². The quantitative estimate of drug-likeness (QED) is 0.760. The van der Waals surface area contributed by atoms with Gasteiger partial charge in [-0.25, -0.2) is 4.39 Å². The van der Waals surface area contributed by atoms with Crippen LogP contribution in [0.1, 0.15) is 17.2 Å². The normalized spacial score (nSPS) is 12.5. The molecule has 112 valence electrons. The van der Waals surface area contributed by atoms with Gasteiger partial charge in [-0.1, -0.05) is 6.07 Å². The second-order valence-corrected chi connectivity index (χ2v) is 5.03. The first kappa shape index (κ1) is 14.6. The van der Waals surface area contributed by atoms with Crippen LogP contribution in [0.4, 0.5) is 4.39 Å². The number of hydrogen-bond donors (Lipinski definition) is 2. The largest absolute Gasteiger partial charge is 0.387 e. The average Bonchev–Trinajstić information content (AvgIpc) is 2.58. The lowest BCUT2D eigenvalue weighted by Crippen LogP contribution is -2.21. The molecule has 0 saturated carbocycles. The van der Waals surface area contributed by atoms with Gasteiger partial charge in [-0.15, -0.1) is 0 Å². The van der Waals surface area contributed by atoms with Crippen LogP contribution in [0.3, 0.4) is 0 Å². The molecule has 0 aliphatic rings. The van der Waals surface area contributed by atoms with E-state index in [9.17, 15) is 9.50 Å². The molecule has 2 heterocycles. The predicted molar refractivity (Wildman–Crippen MR) is 82.6 cm³/mol. The van der Waals surface area contributed by atoms with Crippen LogP contribution < -0.4 is 5.32 Å². The second kappa shape index (κ2) is 6.60. The van der Waals surface area contributed by atoms with Crippen molar-refractivity contribution < 1.29 is 9.50 Å². The lowest BCUT2D eigenvalue weighted by molar-refractivity contribution is 0.174. The van der Waals surface area contributed by atoms with Gasteiger partial charge in [-0.05, 0) is 41.5 Å². The molecule has 22 heavy (non-hydrogen) atoms. The fourth-order valence-electron chi connectivity index (χ4n) is 2.39. The summed E-state index contributed by atoms with van der Waals surface area (Å²) in [5.74, 6) is -0.274. The monoisotopic (exact) mass is 297 g/mol. The summed E-state index contributed by atoms with van der Waals surface area (Å²) < 4.78 is 13.7. The van der Waals surface area contributed by atoms with E-state index in [-0.39, 0.29) is 5.82 Å². The van der Waals surface area contributed by atoms with Crippen LogP contribution in [0, 0.1) is 5.82 Å². The number of aliphatic hydroxyl groups excluding tert-OH is 1. The van der Waals surface area contributed by atoms with E-state index in [1.54, 1.807) is 48.9 Å². The highest BCUT2D eigenvalue weighted by Gasteiger charge is 2.09. The number of benzene rings is 1. The van der Waals surface area contributed by atoms with Crippen molar-refractivity contribution in [3.05, 3.63) is 71.9 Å². The Hall–Kier alpha value is -2.37. The summed E-state index contributed by atoms with van der Waals surface area (Å²) in [6.45, 7) is 0.908. The number of hydrogen-bond acceptors (Lipinski definition) is 4. The van der Waals surface area contributed by atoms with Gasteiger partial charge in [0.1, 0.15) is 5.82 Å². The molecule has 1 unspecified atom stereocenters. The number of pyridine rings is 2. The lowest BCUT2D eigenvalue weighted by Gasteiger charge is -2.13. The lowest BCUT2D eigenvalue weighted by atomic mass is 10.1. The number of aromatic nitrogens is 2. The van der Waals surface area contributed by atoms with Crippen LogP contribution in [0.15, 0.2) is 55.0 Å². The molecule has 0 saturated heterocycles. The van der Waals surface area contributed by atoms with Crippen molar-refractivity contribution in [1.82, 2.24) is 15.3 Å². The maximum atomic E-state index is 13.7. The zero-order chi connectivity index (χ0) is 15.4. The van der Waals surface area contributed by atoms with E-state index in [0.29, 0.717) is 24.0 Å². The Labute approximate surface area is 127 Å². The second-order valence-electron chi connectivity index (χ2n) is 5.03. The first-order chi connectivity index (χ1) is 10.8. The first-order valence-electron chi connectivity index (χ1n) is 7.06. The molecular weight excluding hydrogens is 281 g/mol. The van der Waals surface area contributed by atoms with Gasteiger partial charge in [-0.2, -0.15) is 0 Å². The van der Waals surface area contributed by atoms with E-state index in [1.807, 2.05) is 0 Å². The summed E-state index contributed by atoms with van der Waals surface area (Å²) in [5.41, 5.74) is 2.36. The van der Waals surface area contributed by atoms with Crippen LogP contribution in [-0.2, 0) is 6.54 Å². The van der Waals surface area contributed by atoms with Gasteiger partial charge >= 0.3 is 0 Å². The fraction of sp³-hybridized carbons (Fsp3) is 0.176. The Kier molecular flexibility index (Phi) is 4.37. The summed E-state index contributed by atoms with van der Waals surface area (Å²) in [6, 6.07) is 10.2. The van der Waals surface area contributed by atoms with Gasteiger partial charge in [0.2, 0.25) is 0 Å². The van der Waals surface area contributed by atoms with Gasteiger partial charge in [-0.3, -0.25) is 9.97 Å². The zero-order valence-corrected chi connectivity index (χ0v) is 11.9. The third-order valence-corrected chi connectivity index (χ3v) is 3.54. The van der Waals surface area contributed by atoms with Crippen molar-refractivity contribution in [1.29, 1.82) is 0 Å². The van der Waals surface area contributed by atoms with Crippen LogP contribution in [0.2, 0.25) is 0 Å². The number of aliphatic hydroxyl groups is 1. The van der Waals surface area contributed by atoms with Crippen LogP contribution in [0.25, 0.3) is 10.9 Å². The summed E-state index contributed by atoms with van der Waals surface area (Å²) in [4.78, 5) is 8.17. The fourth-order valence-corrected chi connectivity index (χ4v) is 2.39. The Balaban J connectivity index is 1.69. The molecule has 0 radical (unpaired) electrons.